The highest BCUT2D eigenvalue weighted by molar-refractivity contribution is 9.10. The maximum Gasteiger partial charge on any atom is 0.277 e. The number of hydrogen-bond donors (Lipinski definition) is 1. The average Bonchev–Trinajstić information content (AvgIpc) is 2.82. The SMILES string of the molecule is Cc1ccc(/C=N/NC(=O)COc2cccc(Br)c2)o1. The van der Waals surface area contributed by atoms with Crippen LogP contribution in [0, 0.1) is 6.92 Å². The standard InChI is InChI=1S/C14H13BrN2O3/c1-10-5-6-13(20-10)8-16-17-14(18)9-19-12-4-2-3-11(15)7-12/h2-8H,9H2,1H3,(H,17,18)/b16-8+. The topological polar surface area (TPSA) is 63.8 Å². The van der Waals surface area contributed by atoms with Crippen molar-refractivity contribution in [1.82, 2.24) is 5.43 Å². The second kappa shape index (κ2) is 6.91. The number of nitrogens with zero attached hydrogens (tertiary/aromatic N) is 1. The van der Waals surface area contributed by atoms with Crippen LogP contribution in [0.4, 0.5) is 0 Å². The Morgan fingerprint density at radius 3 is 3.00 bits per heavy atom. The summed E-state index contributed by atoms with van der Waals surface area (Å²) in [5.41, 5.74) is 2.36. The van der Waals surface area contributed by atoms with E-state index >= 15 is 0 Å². The maximum atomic E-state index is 11.5. The van der Waals surface area contributed by atoms with Crippen LogP contribution >= 0.6 is 15.9 Å². The number of carbonyl (C=O) groups excluding carboxylic acids is 1. The molecule has 2 aromatic rings. The van der Waals surface area contributed by atoms with E-state index in [0.717, 1.165) is 10.2 Å². The zero-order valence-corrected chi connectivity index (χ0v) is 12.4. The first-order chi connectivity index (χ1) is 9.63. The lowest BCUT2D eigenvalue weighted by atomic mass is 10.3. The van der Waals surface area contributed by atoms with E-state index in [2.05, 4.69) is 26.5 Å². The van der Waals surface area contributed by atoms with Crippen LogP contribution < -0.4 is 10.2 Å². The van der Waals surface area contributed by atoms with Gasteiger partial charge in [-0.3, -0.25) is 4.79 Å². The van der Waals surface area contributed by atoms with Gasteiger partial charge in [0.05, 0.1) is 6.21 Å². The predicted octanol–water partition coefficient (Wildman–Crippen LogP) is 2.88. The van der Waals surface area contributed by atoms with Gasteiger partial charge in [0, 0.05) is 4.47 Å². The van der Waals surface area contributed by atoms with Crippen LogP contribution in [0.3, 0.4) is 0 Å². The van der Waals surface area contributed by atoms with Crippen LogP contribution in [0.5, 0.6) is 5.75 Å². The molecule has 0 aliphatic rings. The highest BCUT2D eigenvalue weighted by Gasteiger charge is 2.02. The summed E-state index contributed by atoms with van der Waals surface area (Å²) in [5, 5.41) is 3.78. The van der Waals surface area contributed by atoms with Crippen molar-refractivity contribution >= 4 is 28.1 Å². The number of halogens is 1. The summed E-state index contributed by atoms with van der Waals surface area (Å²) >= 11 is 3.32. The van der Waals surface area contributed by atoms with E-state index in [-0.39, 0.29) is 12.5 Å². The molecule has 1 aromatic carbocycles. The molecular formula is C14H13BrN2O3. The second-order valence-electron chi connectivity index (χ2n) is 3.99. The lowest BCUT2D eigenvalue weighted by molar-refractivity contribution is -0.123. The molecule has 0 aliphatic carbocycles. The average molecular weight is 337 g/mol. The molecule has 0 unspecified atom stereocenters. The quantitative estimate of drug-likeness (QED) is 0.674. The first-order valence-electron chi connectivity index (χ1n) is 5.90. The number of aryl methyl sites for hydroxylation is 1. The summed E-state index contributed by atoms with van der Waals surface area (Å²) in [6.45, 7) is 1.73. The molecule has 0 saturated carbocycles. The molecule has 0 fully saturated rings. The van der Waals surface area contributed by atoms with Crippen molar-refractivity contribution < 1.29 is 13.9 Å². The molecule has 6 heteroatoms. The van der Waals surface area contributed by atoms with Crippen molar-refractivity contribution in [2.24, 2.45) is 5.10 Å². The highest BCUT2D eigenvalue weighted by Crippen LogP contribution is 2.17. The normalized spacial score (nSPS) is 10.7. The predicted molar refractivity (Wildman–Crippen MR) is 78.8 cm³/mol. The minimum atomic E-state index is -0.343. The summed E-state index contributed by atoms with van der Waals surface area (Å²) in [7, 11) is 0. The molecule has 0 bridgehead atoms. The summed E-state index contributed by atoms with van der Waals surface area (Å²) in [4.78, 5) is 11.5. The third kappa shape index (κ3) is 4.55. The third-order valence-electron chi connectivity index (χ3n) is 2.31. The Morgan fingerprint density at radius 2 is 2.30 bits per heavy atom. The van der Waals surface area contributed by atoms with Crippen LogP contribution in [0.2, 0.25) is 0 Å². The van der Waals surface area contributed by atoms with Crippen molar-refractivity contribution in [2.45, 2.75) is 6.92 Å². The minimum absolute atomic E-state index is 0.106. The molecule has 1 N–H and O–H groups in total. The number of furan rings is 1. The zero-order valence-electron chi connectivity index (χ0n) is 10.8. The van der Waals surface area contributed by atoms with Gasteiger partial charge in [0.15, 0.2) is 6.61 Å². The van der Waals surface area contributed by atoms with E-state index < -0.39 is 0 Å². The molecule has 0 aliphatic heterocycles. The molecule has 1 amide bonds. The Labute approximate surface area is 124 Å². The fourth-order valence-corrected chi connectivity index (χ4v) is 1.81. The smallest absolute Gasteiger partial charge is 0.277 e. The molecule has 0 radical (unpaired) electrons. The zero-order chi connectivity index (χ0) is 14.4. The van der Waals surface area contributed by atoms with Gasteiger partial charge in [0.2, 0.25) is 0 Å². The van der Waals surface area contributed by atoms with Gasteiger partial charge < -0.3 is 9.15 Å². The molecule has 2 rings (SSSR count). The highest BCUT2D eigenvalue weighted by atomic mass is 79.9. The van der Waals surface area contributed by atoms with Gasteiger partial charge in [-0.1, -0.05) is 22.0 Å². The van der Waals surface area contributed by atoms with Crippen molar-refractivity contribution in [1.29, 1.82) is 0 Å². The van der Waals surface area contributed by atoms with Crippen molar-refractivity contribution in [2.75, 3.05) is 6.61 Å². The molecule has 0 atom stereocenters. The number of rotatable bonds is 5. The molecule has 0 spiro atoms. The number of hydrazone groups is 1. The molecule has 1 aromatic heterocycles. The van der Waals surface area contributed by atoms with Crippen LogP contribution in [0.25, 0.3) is 0 Å². The monoisotopic (exact) mass is 336 g/mol. The van der Waals surface area contributed by atoms with Gasteiger partial charge in [-0.2, -0.15) is 5.10 Å². The third-order valence-corrected chi connectivity index (χ3v) is 2.80. The Morgan fingerprint density at radius 1 is 1.45 bits per heavy atom. The lowest BCUT2D eigenvalue weighted by Gasteiger charge is -2.04. The van der Waals surface area contributed by atoms with Crippen LogP contribution in [-0.2, 0) is 4.79 Å². The molecule has 5 nitrogen and oxygen atoms in total. The fourth-order valence-electron chi connectivity index (χ4n) is 1.43. The van der Waals surface area contributed by atoms with Crippen molar-refractivity contribution in [3.05, 3.63) is 52.4 Å². The van der Waals surface area contributed by atoms with E-state index in [0.29, 0.717) is 11.5 Å². The molecular weight excluding hydrogens is 324 g/mol. The van der Waals surface area contributed by atoms with E-state index in [4.69, 9.17) is 9.15 Å². The number of hydrogen-bond acceptors (Lipinski definition) is 4. The van der Waals surface area contributed by atoms with Gasteiger partial charge >= 0.3 is 0 Å². The molecule has 104 valence electrons. The van der Waals surface area contributed by atoms with Gasteiger partial charge in [-0.05, 0) is 37.3 Å². The number of amides is 1. The summed E-state index contributed by atoms with van der Waals surface area (Å²) in [5.74, 6) is 1.64. The number of benzene rings is 1. The van der Waals surface area contributed by atoms with Gasteiger partial charge in [0.1, 0.15) is 17.3 Å². The maximum absolute atomic E-state index is 11.5. The Hall–Kier alpha value is -2.08. The number of nitrogens with one attached hydrogen (secondary N) is 1. The fraction of sp³-hybridized carbons (Fsp3) is 0.143. The van der Waals surface area contributed by atoms with E-state index in [1.807, 2.05) is 25.1 Å². The first kappa shape index (κ1) is 14.3. The Kier molecular flexibility index (Phi) is 4.95. The van der Waals surface area contributed by atoms with Gasteiger partial charge in [-0.25, -0.2) is 5.43 Å². The number of ether oxygens (including phenoxy) is 1. The van der Waals surface area contributed by atoms with E-state index in [1.54, 1.807) is 18.2 Å². The van der Waals surface area contributed by atoms with Crippen molar-refractivity contribution in [3.63, 3.8) is 0 Å². The lowest BCUT2D eigenvalue weighted by Crippen LogP contribution is -2.24. The van der Waals surface area contributed by atoms with Gasteiger partial charge in [-0.15, -0.1) is 0 Å². The Bertz CT molecular complexity index is 622. The second-order valence-corrected chi connectivity index (χ2v) is 4.90. The first-order valence-corrected chi connectivity index (χ1v) is 6.69. The van der Waals surface area contributed by atoms with Crippen LogP contribution in [0.15, 0.2) is 50.4 Å². The Balaban J connectivity index is 1.77. The van der Waals surface area contributed by atoms with E-state index in [9.17, 15) is 4.79 Å². The summed E-state index contributed by atoms with van der Waals surface area (Å²) in [6.07, 6.45) is 1.43. The van der Waals surface area contributed by atoms with E-state index in [1.165, 1.54) is 6.21 Å². The molecule has 0 saturated heterocycles. The van der Waals surface area contributed by atoms with Crippen LogP contribution in [0.1, 0.15) is 11.5 Å². The number of carbonyl (C=O) groups is 1. The van der Waals surface area contributed by atoms with Gasteiger partial charge in [0.25, 0.3) is 5.91 Å². The largest absolute Gasteiger partial charge is 0.484 e. The summed E-state index contributed by atoms with van der Waals surface area (Å²) < 4.78 is 11.5. The minimum Gasteiger partial charge on any atom is -0.484 e. The van der Waals surface area contributed by atoms with Crippen molar-refractivity contribution in [3.8, 4) is 5.75 Å². The molecule has 1 heterocycles. The molecule has 20 heavy (non-hydrogen) atoms. The summed E-state index contributed by atoms with van der Waals surface area (Å²) in [6, 6.07) is 10.8. The van der Waals surface area contributed by atoms with Crippen LogP contribution in [-0.4, -0.2) is 18.7 Å².